The smallest absolute Gasteiger partial charge is 0.324 e. The van der Waals surface area contributed by atoms with Crippen molar-refractivity contribution in [2.24, 2.45) is 5.41 Å². The monoisotopic (exact) mass is 329 g/mol. The molecule has 0 aliphatic heterocycles. The van der Waals surface area contributed by atoms with E-state index in [0.717, 1.165) is 0 Å². The number of ether oxygens (including phenoxy) is 2. The Bertz CT molecular complexity index is 509. The van der Waals surface area contributed by atoms with Crippen molar-refractivity contribution in [3.8, 4) is 0 Å². The lowest BCUT2D eigenvalue weighted by Gasteiger charge is -2.30. The SMILES string of the molecule is CCOC(=O)C(C)(C(=O)OCC)[C@@H](C[N+](=O)[O-])c1cccs1. The first-order chi connectivity index (χ1) is 10.4. The molecule has 0 aliphatic rings. The summed E-state index contributed by atoms with van der Waals surface area (Å²) in [4.78, 5) is 35.8. The lowest BCUT2D eigenvalue weighted by Crippen LogP contribution is -2.46. The van der Waals surface area contributed by atoms with E-state index >= 15 is 0 Å². The molecule has 0 fully saturated rings. The Morgan fingerprint density at radius 2 is 1.86 bits per heavy atom. The highest BCUT2D eigenvalue weighted by Gasteiger charge is 2.54. The van der Waals surface area contributed by atoms with Gasteiger partial charge in [-0.25, -0.2) is 0 Å². The van der Waals surface area contributed by atoms with Crippen LogP contribution in [0, 0.1) is 15.5 Å². The van der Waals surface area contributed by atoms with Crippen molar-refractivity contribution in [1.82, 2.24) is 0 Å². The number of nitrogens with zero attached hydrogens (tertiary/aromatic N) is 1. The molecule has 1 aromatic rings. The first-order valence-corrected chi connectivity index (χ1v) is 7.75. The number of thiophene rings is 1. The fourth-order valence-corrected chi connectivity index (χ4v) is 3.07. The minimum Gasteiger partial charge on any atom is -0.465 e. The van der Waals surface area contributed by atoms with Crippen LogP contribution in [0.1, 0.15) is 31.6 Å². The summed E-state index contributed by atoms with van der Waals surface area (Å²) in [6.45, 7) is 4.15. The Kier molecular flexibility index (Phi) is 6.48. The van der Waals surface area contributed by atoms with Gasteiger partial charge in [0.2, 0.25) is 6.54 Å². The van der Waals surface area contributed by atoms with Gasteiger partial charge in [-0.1, -0.05) is 6.07 Å². The Labute approximate surface area is 132 Å². The highest BCUT2D eigenvalue weighted by Crippen LogP contribution is 2.40. The normalized spacial score (nSPS) is 12.5. The number of carbonyl (C=O) groups is 2. The average molecular weight is 329 g/mol. The number of rotatable bonds is 8. The molecule has 0 spiro atoms. The average Bonchev–Trinajstić information content (AvgIpc) is 2.98. The van der Waals surface area contributed by atoms with Crippen molar-refractivity contribution in [1.29, 1.82) is 0 Å². The van der Waals surface area contributed by atoms with E-state index in [9.17, 15) is 19.7 Å². The van der Waals surface area contributed by atoms with Crippen LogP contribution in [0.2, 0.25) is 0 Å². The van der Waals surface area contributed by atoms with Gasteiger partial charge >= 0.3 is 11.9 Å². The molecule has 0 amide bonds. The van der Waals surface area contributed by atoms with Gasteiger partial charge in [0.15, 0.2) is 5.41 Å². The van der Waals surface area contributed by atoms with Gasteiger partial charge < -0.3 is 9.47 Å². The number of carbonyl (C=O) groups excluding carboxylic acids is 2. The Morgan fingerprint density at radius 1 is 1.32 bits per heavy atom. The molecule has 1 rings (SSSR count). The van der Waals surface area contributed by atoms with Crippen LogP contribution in [0.15, 0.2) is 17.5 Å². The maximum Gasteiger partial charge on any atom is 0.324 e. The highest BCUT2D eigenvalue weighted by atomic mass is 32.1. The Balaban J connectivity index is 3.32. The molecule has 8 heteroatoms. The van der Waals surface area contributed by atoms with E-state index in [2.05, 4.69) is 0 Å². The van der Waals surface area contributed by atoms with Crippen LogP contribution in [0.5, 0.6) is 0 Å². The summed E-state index contributed by atoms with van der Waals surface area (Å²) >= 11 is 1.25. The molecule has 22 heavy (non-hydrogen) atoms. The van der Waals surface area contributed by atoms with Crippen LogP contribution < -0.4 is 0 Å². The summed E-state index contributed by atoms with van der Waals surface area (Å²) < 4.78 is 9.95. The molecule has 0 saturated carbocycles. The Hall–Kier alpha value is -1.96. The molecule has 1 atom stereocenters. The standard InChI is InChI=1S/C14H19NO6S/c1-4-20-12(16)14(3,13(17)21-5-2)10(9-15(18)19)11-7-6-8-22-11/h6-8,10H,4-5,9H2,1-3H3/t10-/m0/s1. The van der Waals surface area contributed by atoms with E-state index in [1.54, 1.807) is 31.4 Å². The fourth-order valence-electron chi connectivity index (χ4n) is 2.13. The number of hydrogen-bond donors (Lipinski definition) is 0. The van der Waals surface area contributed by atoms with Gasteiger partial charge in [0, 0.05) is 9.80 Å². The summed E-state index contributed by atoms with van der Waals surface area (Å²) in [5.74, 6) is -2.57. The topological polar surface area (TPSA) is 95.7 Å². The minimum absolute atomic E-state index is 0.0729. The third-order valence-corrected chi connectivity index (χ3v) is 4.30. The quantitative estimate of drug-likeness (QED) is 0.314. The molecule has 0 saturated heterocycles. The summed E-state index contributed by atoms with van der Waals surface area (Å²) in [5.41, 5.74) is -1.76. The van der Waals surface area contributed by atoms with Crippen LogP contribution in [0.3, 0.4) is 0 Å². The van der Waals surface area contributed by atoms with E-state index in [4.69, 9.17) is 9.47 Å². The minimum atomic E-state index is -1.76. The number of esters is 2. The third-order valence-electron chi connectivity index (χ3n) is 3.31. The van der Waals surface area contributed by atoms with E-state index in [1.165, 1.54) is 18.3 Å². The van der Waals surface area contributed by atoms with E-state index < -0.39 is 34.7 Å². The maximum absolute atomic E-state index is 12.4. The molecule has 122 valence electrons. The van der Waals surface area contributed by atoms with Crippen LogP contribution >= 0.6 is 11.3 Å². The zero-order valence-electron chi connectivity index (χ0n) is 12.7. The molecule has 7 nitrogen and oxygen atoms in total. The summed E-state index contributed by atoms with van der Waals surface area (Å²) in [5, 5.41) is 12.8. The van der Waals surface area contributed by atoms with Crippen LogP contribution in [0.4, 0.5) is 0 Å². The van der Waals surface area contributed by atoms with Gasteiger partial charge in [-0.3, -0.25) is 19.7 Å². The predicted octanol–water partition coefficient (Wildman–Crippen LogP) is 2.24. The molecule has 1 heterocycles. The van der Waals surface area contributed by atoms with Gasteiger partial charge in [0.05, 0.1) is 19.1 Å². The molecule has 0 radical (unpaired) electrons. The van der Waals surface area contributed by atoms with Crippen molar-refractivity contribution < 1.29 is 24.0 Å². The maximum atomic E-state index is 12.4. The molecule has 1 aromatic heterocycles. The second-order valence-corrected chi connectivity index (χ2v) is 5.71. The molecular weight excluding hydrogens is 310 g/mol. The molecular formula is C14H19NO6S. The summed E-state index contributed by atoms with van der Waals surface area (Å²) in [7, 11) is 0. The largest absolute Gasteiger partial charge is 0.465 e. The van der Waals surface area contributed by atoms with Crippen molar-refractivity contribution in [3.05, 3.63) is 32.5 Å². The molecule has 0 bridgehead atoms. The van der Waals surface area contributed by atoms with E-state index in [0.29, 0.717) is 4.88 Å². The first-order valence-electron chi connectivity index (χ1n) is 6.87. The van der Waals surface area contributed by atoms with E-state index in [-0.39, 0.29) is 13.2 Å². The number of nitro groups is 1. The van der Waals surface area contributed by atoms with Crippen LogP contribution in [-0.2, 0) is 19.1 Å². The molecule has 0 N–H and O–H groups in total. The molecule has 0 aromatic carbocycles. The van der Waals surface area contributed by atoms with Crippen LogP contribution in [-0.4, -0.2) is 36.6 Å². The molecule has 0 unspecified atom stereocenters. The van der Waals surface area contributed by atoms with Gasteiger partial charge in [-0.15, -0.1) is 11.3 Å². The zero-order chi connectivity index (χ0) is 16.8. The van der Waals surface area contributed by atoms with Gasteiger partial charge in [0.25, 0.3) is 0 Å². The van der Waals surface area contributed by atoms with Crippen molar-refractivity contribution >= 4 is 23.3 Å². The third kappa shape index (κ3) is 3.82. The first kappa shape index (κ1) is 18.1. The van der Waals surface area contributed by atoms with Crippen molar-refractivity contribution in [3.63, 3.8) is 0 Å². The fraction of sp³-hybridized carbons (Fsp3) is 0.571. The lowest BCUT2D eigenvalue weighted by atomic mass is 9.76. The van der Waals surface area contributed by atoms with Gasteiger partial charge in [-0.05, 0) is 32.2 Å². The van der Waals surface area contributed by atoms with Gasteiger partial charge in [-0.2, -0.15) is 0 Å². The lowest BCUT2D eigenvalue weighted by molar-refractivity contribution is -0.485. The zero-order valence-corrected chi connectivity index (χ0v) is 13.6. The van der Waals surface area contributed by atoms with Crippen molar-refractivity contribution in [2.75, 3.05) is 19.8 Å². The number of hydrogen-bond acceptors (Lipinski definition) is 7. The second-order valence-electron chi connectivity index (χ2n) is 4.73. The van der Waals surface area contributed by atoms with Crippen LogP contribution in [0.25, 0.3) is 0 Å². The molecule has 0 aliphatic carbocycles. The summed E-state index contributed by atoms with van der Waals surface area (Å²) in [6, 6.07) is 3.37. The van der Waals surface area contributed by atoms with Crippen molar-refractivity contribution in [2.45, 2.75) is 26.7 Å². The van der Waals surface area contributed by atoms with E-state index in [1.807, 2.05) is 0 Å². The highest BCUT2D eigenvalue weighted by molar-refractivity contribution is 7.10. The predicted molar refractivity (Wildman–Crippen MR) is 80.3 cm³/mol. The second kappa shape index (κ2) is 7.88. The van der Waals surface area contributed by atoms with Gasteiger partial charge in [0.1, 0.15) is 0 Å². The summed E-state index contributed by atoms with van der Waals surface area (Å²) in [6.07, 6.45) is 0. The Morgan fingerprint density at radius 3 is 2.23 bits per heavy atom.